The van der Waals surface area contributed by atoms with Gasteiger partial charge in [0.1, 0.15) is 5.58 Å². The number of benzene rings is 2. The highest BCUT2D eigenvalue weighted by Gasteiger charge is 2.12. The maximum atomic E-state index is 12.4. The van der Waals surface area contributed by atoms with Gasteiger partial charge in [0.25, 0.3) is 5.69 Å². The largest absolute Gasteiger partial charge is 0.464 e. The second-order valence-corrected chi connectivity index (χ2v) is 4.75. The van der Waals surface area contributed by atoms with Crippen LogP contribution >= 0.6 is 0 Å². The van der Waals surface area contributed by atoms with Crippen LogP contribution in [0.1, 0.15) is 5.56 Å². The molecule has 0 amide bonds. The number of rotatable bonds is 4. The zero-order valence-electron chi connectivity index (χ0n) is 11.5. The van der Waals surface area contributed by atoms with Gasteiger partial charge >= 0.3 is 0 Å². The summed E-state index contributed by atoms with van der Waals surface area (Å²) in [6.45, 7) is 0.283. The molecule has 0 atom stereocenters. The summed E-state index contributed by atoms with van der Waals surface area (Å²) >= 11 is 0. The third kappa shape index (κ3) is 2.67. The Morgan fingerprint density at radius 3 is 2.64 bits per heavy atom. The molecule has 0 saturated heterocycles. The first kappa shape index (κ1) is 13.8. The number of para-hydroxylation sites is 1. The van der Waals surface area contributed by atoms with Gasteiger partial charge < -0.3 is 9.73 Å². The first-order valence-electron chi connectivity index (χ1n) is 6.63. The van der Waals surface area contributed by atoms with E-state index in [1.165, 1.54) is 24.5 Å². The van der Waals surface area contributed by atoms with E-state index in [0.717, 1.165) is 5.69 Å². The molecule has 1 aromatic heterocycles. The summed E-state index contributed by atoms with van der Waals surface area (Å²) in [5, 5.41) is 14.1. The standard InChI is InChI=1S/C16H12N2O4/c19-16-11(9-17-12-4-2-1-3-5-12)10-22-15-7-6-13(18(20)21)8-14(15)16/h1-8,10,17H,9H2. The van der Waals surface area contributed by atoms with Crippen molar-refractivity contribution < 1.29 is 9.34 Å². The normalized spacial score (nSPS) is 10.5. The maximum absolute atomic E-state index is 12.4. The van der Waals surface area contributed by atoms with Crippen molar-refractivity contribution in [2.24, 2.45) is 0 Å². The fraction of sp³-hybridized carbons (Fsp3) is 0.0625. The van der Waals surface area contributed by atoms with Gasteiger partial charge in [-0.2, -0.15) is 0 Å². The van der Waals surface area contributed by atoms with Crippen LogP contribution in [-0.2, 0) is 6.54 Å². The number of nitro benzene ring substituents is 1. The minimum atomic E-state index is -0.534. The zero-order chi connectivity index (χ0) is 15.5. The number of fused-ring (bicyclic) bond motifs is 1. The quantitative estimate of drug-likeness (QED) is 0.589. The van der Waals surface area contributed by atoms with E-state index >= 15 is 0 Å². The lowest BCUT2D eigenvalue weighted by Crippen LogP contribution is -2.13. The van der Waals surface area contributed by atoms with Crippen LogP contribution in [0.25, 0.3) is 11.0 Å². The van der Waals surface area contributed by atoms with E-state index < -0.39 is 4.92 Å². The van der Waals surface area contributed by atoms with Gasteiger partial charge in [-0.25, -0.2) is 0 Å². The van der Waals surface area contributed by atoms with Crippen molar-refractivity contribution in [3.8, 4) is 0 Å². The van der Waals surface area contributed by atoms with E-state index in [4.69, 9.17) is 4.42 Å². The van der Waals surface area contributed by atoms with Gasteiger partial charge in [-0.3, -0.25) is 14.9 Å². The van der Waals surface area contributed by atoms with Gasteiger partial charge in [0.15, 0.2) is 5.43 Å². The van der Waals surface area contributed by atoms with Crippen LogP contribution in [0.15, 0.2) is 64.0 Å². The Bertz CT molecular complexity index is 888. The van der Waals surface area contributed by atoms with Crippen molar-refractivity contribution in [1.82, 2.24) is 0 Å². The maximum Gasteiger partial charge on any atom is 0.270 e. The van der Waals surface area contributed by atoms with E-state index in [0.29, 0.717) is 11.1 Å². The first-order valence-corrected chi connectivity index (χ1v) is 6.63. The van der Waals surface area contributed by atoms with Crippen LogP contribution in [0.3, 0.4) is 0 Å². The Kier molecular flexibility index (Phi) is 3.57. The van der Waals surface area contributed by atoms with Gasteiger partial charge in [-0.1, -0.05) is 18.2 Å². The molecule has 0 bridgehead atoms. The Hall–Kier alpha value is -3.15. The molecule has 3 rings (SSSR count). The van der Waals surface area contributed by atoms with Crippen molar-refractivity contribution in [1.29, 1.82) is 0 Å². The van der Waals surface area contributed by atoms with Gasteiger partial charge in [-0.05, 0) is 18.2 Å². The molecular formula is C16H12N2O4. The average Bonchev–Trinajstić information content (AvgIpc) is 2.55. The van der Waals surface area contributed by atoms with Crippen molar-refractivity contribution in [3.05, 3.63) is 80.7 Å². The SMILES string of the molecule is O=c1c(CNc2ccccc2)coc2ccc([N+](=O)[O-])cc12. The first-order chi connectivity index (χ1) is 10.6. The van der Waals surface area contributed by atoms with Crippen molar-refractivity contribution in [2.75, 3.05) is 5.32 Å². The lowest BCUT2D eigenvalue weighted by atomic mass is 10.1. The molecule has 1 heterocycles. The third-order valence-corrected chi connectivity index (χ3v) is 3.30. The number of nitrogens with zero attached hydrogens (tertiary/aromatic N) is 1. The second kappa shape index (κ2) is 5.69. The smallest absolute Gasteiger partial charge is 0.270 e. The second-order valence-electron chi connectivity index (χ2n) is 4.75. The van der Waals surface area contributed by atoms with E-state index in [2.05, 4.69) is 5.32 Å². The van der Waals surface area contributed by atoms with Gasteiger partial charge in [0, 0.05) is 24.4 Å². The molecule has 2 aromatic carbocycles. The van der Waals surface area contributed by atoms with Crippen LogP contribution in [0.5, 0.6) is 0 Å². The predicted molar refractivity (Wildman–Crippen MR) is 82.9 cm³/mol. The van der Waals surface area contributed by atoms with E-state index in [-0.39, 0.29) is 23.0 Å². The van der Waals surface area contributed by atoms with E-state index in [1.54, 1.807) is 0 Å². The summed E-state index contributed by atoms with van der Waals surface area (Å²) in [6, 6.07) is 13.4. The van der Waals surface area contributed by atoms with E-state index in [9.17, 15) is 14.9 Å². The molecule has 0 spiro atoms. The molecule has 22 heavy (non-hydrogen) atoms. The number of anilines is 1. The molecule has 0 unspecified atom stereocenters. The molecule has 0 radical (unpaired) electrons. The molecule has 0 saturated carbocycles. The molecule has 6 nitrogen and oxygen atoms in total. The van der Waals surface area contributed by atoms with Crippen LogP contribution in [0, 0.1) is 10.1 Å². The molecule has 1 N–H and O–H groups in total. The minimum Gasteiger partial charge on any atom is -0.464 e. The predicted octanol–water partition coefficient (Wildman–Crippen LogP) is 3.31. The lowest BCUT2D eigenvalue weighted by molar-refractivity contribution is -0.384. The number of hydrogen-bond donors (Lipinski definition) is 1. The molecule has 6 heteroatoms. The Labute approximate surface area is 125 Å². The summed E-state index contributed by atoms with van der Waals surface area (Å²) < 4.78 is 5.38. The highest BCUT2D eigenvalue weighted by molar-refractivity contribution is 5.79. The summed E-state index contributed by atoms with van der Waals surface area (Å²) in [5.41, 5.74) is 1.22. The van der Waals surface area contributed by atoms with E-state index in [1.807, 2.05) is 30.3 Å². The topological polar surface area (TPSA) is 85.4 Å². The fourth-order valence-corrected chi connectivity index (χ4v) is 2.15. The van der Waals surface area contributed by atoms with Crippen molar-refractivity contribution in [2.45, 2.75) is 6.54 Å². The highest BCUT2D eigenvalue weighted by atomic mass is 16.6. The summed E-state index contributed by atoms with van der Waals surface area (Å²) in [4.78, 5) is 22.7. The molecule has 0 aliphatic heterocycles. The number of non-ortho nitro benzene ring substituents is 1. The van der Waals surface area contributed by atoms with Crippen LogP contribution in [-0.4, -0.2) is 4.92 Å². The van der Waals surface area contributed by atoms with Crippen LogP contribution < -0.4 is 10.7 Å². The number of hydrogen-bond acceptors (Lipinski definition) is 5. The Balaban J connectivity index is 1.95. The summed E-state index contributed by atoms with van der Waals surface area (Å²) in [5.74, 6) is 0. The average molecular weight is 296 g/mol. The molecule has 0 aliphatic carbocycles. The monoisotopic (exact) mass is 296 g/mol. The van der Waals surface area contributed by atoms with Gasteiger partial charge in [0.05, 0.1) is 22.1 Å². The molecule has 0 aliphatic rings. The van der Waals surface area contributed by atoms with Gasteiger partial charge in [0.2, 0.25) is 0 Å². The zero-order valence-corrected chi connectivity index (χ0v) is 11.5. The lowest BCUT2D eigenvalue weighted by Gasteiger charge is -2.06. The number of nitrogens with one attached hydrogen (secondary N) is 1. The fourth-order valence-electron chi connectivity index (χ4n) is 2.15. The molecule has 0 fully saturated rings. The Morgan fingerprint density at radius 2 is 1.91 bits per heavy atom. The van der Waals surface area contributed by atoms with Crippen LogP contribution in [0.4, 0.5) is 11.4 Å². The van der Waals surface area contributed by atoms with Crippen molar-refractivity contribution >= 4 is 22.3 Å². The molecule has 110 valence electrons. The Morgan fingerprint density at radius 1 is 1.14 bits per heavy atom. The molecule has 3 aromatic rings. The number of nitro groups is 1. The summed E-state index contributed by atoms with van der Waals surface area (Å²) in [7, 11) is 0. The third-order valence-electron chi connectivity index (χ3n) is 3.30. The summed E-state index contributed by atoms with van der Waals surface area (Å²) in [6.07, 6.45) is 1.38. The highest BCUT2D eigenvalue weighted by Crippen LogP contribution is 2.19. The van der Waals surface area contributed by atoms with Crippen molar-refractivity contribution in [3.63, 3.8) is 0 Å². The van der Waals surface area contributed by atoms with Crippen LogP contribution in [0.2, 0.25) is 0 Å². The van der Waals surface area contributed by atoms with Gasteiger partial charge in [-0.15, -0.1) is 0 Å². The minimum absolute atomic E-state index is 0.132. The molecular weight excluding hydrogens is 284 g/mol.